The second-order valence-electron chi connectivity index (χ2n) is 3.30. The van der Waals surface area contributed by atoms with E-state index in [0.29, 0.717) is 11.4 Å². The van der Waals surface area contributed by atoms with Crippen LogP contribution in [0, 0.1) is 18.3 Å². The second-order valence-corrected chi connectivity index (χ2v) is 4.07. The van der Waals surface area contributed by atoms with Crippen molar-refractivity contribution in [1.29, 1.82) is 5.26 Å². The van der Waals surface area contributed by atoms with Crippen molar-refractivity contribution in [1.82, 2.24) is 9.36 Å². The highest BCUT2D eigenvalue weighted by Gasteiger charge is 2.10. The Labute approximate surface area is 103 Å². The number of aromatic nitrogens is 2. The fourth-order valence-corrected chi connectivity index (χ4v) is 2.06. The highest BCUT2D eigenvalue weighted by atomic mass is 32.1. The molecule has 6 heteroatoms. The van der Waals surface area contributed by atoms with Gasteiger partial charge in [-0.1, -0.05) is 0 Å². The summed E-state index contributed by atoms with van der Waals surface area (Å²) in [4.78, 5) is 4.07. The highest BCUT2D eigenvalue weighted by molar-refractivity contribution is 7.10. The number of aryl methyl sites for hydroxylation is 1. The van der Waals surface area contributed by atoms with Gasteiger partial charge in [-0.05, 0) is 24.5 Å². The largest absolute Gasteiger partial charge is 0.481 e. The number of nitrogens with zero attached hydrogens (tertiary/aromatic N) is 3. The van der Waals surface area contributed by atoms with E-state index in [4.69, 9.17) is 10.00 Å². The summed E-state index contributed by atoms with van der Waals surface area (Å²) in [5.41, 5.74) is 2.11. The van der Waals surface area contributed by atoms with Crippen molar-refractivity contribution in [2.45, 2.75) is 6.92 Å². The molecule has 0 saturated carbocycles. The standard InChI is InChI=1S/C11H10N4OS/c1-7-9(5-12)11(17-15-7)14-8-3-4-10(16-2)13-6-8/h3-4,6,14H,1-2H3. The first-order valence-corrected chi connectivity index (χ1v) is 5.65. The van der Waals surface area contributed by atoms with Crippen LogP contribution in [0.3, 0.4) is 0 Å². The van der Waals surface area contributed by atoms with E-state index in [-0.39, 0.29) is 0 Å². The zero-order valence-electron chi connectivity index (χ0n) is 9.39. The average molecular weight is 246 g/mol. The third-order valence-electron chi connectivity index (χ3n) is 2.18. The average Bonchev–Trinajstić information content (AvgIpc) is 2.71. The van der Waals surface area contributed by atoms with Crippen molar-refractivity contribution in [2.75, 3.05) is 12.4 Å². The third kappa shape index (κ3) is 2.34. The molecule has 2 heterocycles. The third-order valence-corrected chi connectivity index (χ3v) is 3.03. The number of nitrogens with one attached hydrogen (secondary N) is 1. The van der Waals surface area contributed by atoms with E-state index in [9.17, 15) is 0 Å². The zero-order chi connectivity index (χ0) is 12.3. The van der Waals surface area contributed by atoms with E-state index in [1.54, 1.807) is 19.4 Å². The minimum absolute atomic E-state index is 0.552. The summed E-state index contributed by atoms with van der Waals surface area (Å²) in [5, 5.41) is 12.8. The van der Waals surface area contributed by atoms with Crippen LogP contribution in [0.15, 0.2) is 18.3 Å². The molecule has 0 saturated heterocycles. The number of anilines is 2. The summed E-state index contributed by atoms with van der Waals surface area (Å²) in [5.74, 6) is 0.552. The molecule has 0 spiro atoms. The summed E-state index contributed by atoms with van der Waals surface area (Å²) < 4.78 is 9.10. The maximum Gasteiger partial charge on any atom is 0.213 e. The Morgan fingerprint density at radius 3 is 2.88 bits per heavy atom. The lowest BCUT2D eigenvalue weighted by molar-refractivity contribution is 0.398. The number of ether oxygens (including phenoxy) is 1. The van der Waals surface area contributed by atoms with Crippen molar-refractivity contribution in [2.24, 2.45) is 0 Å². The molecule has 0 bridgehead atoms. The van der Waals surface area contributed by atoms with Crippen molar-refractivity contribution in [3.63, 3.8) is 0 Å². The van der Waals surface area contributed by atoms with Gasteiger partial charge in [0.05, 0.1) is 24.7 Å². The molecule has 0 aliphatic rings. The predicted molar refractivity (Wildman–Crippen MR) is 65.6 cm³/mol. The van der Waals surface area contributed by atoms with Gasteiger partial charge < -0.3 is 10.1 Å². The maximum absolute atomic E-state index is 8.99. The molecule has 0 aliphatic heterocycles. The highest BCUT2D eigenvalue weighted by Crippen LogP contribution is 2.27. The van der Waals surface area contributed by atoms with E-state index in [1.165, 1.54) is 11.5 Å². The van der Waals surface area contributed by atoms with Gasteiger partial charge in [-0.15, -0.1) is 0 Å². The van der Waals surface area contributed by atoms with Crippen LogP contribution in [-0.2, 0) is 0 Å². The Kier molecular flexibility index (Phi) is 3.21. The van der Waals surface area contributed by atoms with Crippen LogP contribution in [0.25, 0.3) is 0 Å². The summed E-state index contributed by atoms with van der Waals surface area (Å²) in [6.07, 6.45) is 1.65. The van der Waals surface area contributed by atoms with Gasteiger partial charge in [0.1, 0.15) is 16.6 Å². The van der Waals surface area contributed by atoms with E-state index >= 15 is 0 Å². The minimum Gasteiger partial charge on any atom is -0.481 e. The molecular formula is C11H10N4OS. The summed E-state index contributed by atoms with van der Waals surface area (Å²) in [6, 6.07) is 5.71. The van der Waals surface area contributed by atoms with Crippen LogP contribution < -0.4 is 10.1 Å². The molecule has 1 N–H and O–H groups in total. The number of nitriles is 1. The number of hydrogen-bond donors (Lipinski definition) is 1. The van der Waals surface area contributed by atoms with Crippen LogP contribution in [0.5, 0.6) is 5.88 Å². The molecule has 2 aromatic heterocycles. The van der Waals surface area contributed by atoms with Gasteiger partial charge >= 0.3 is 0 Å². The monoisotopic (exact) mass is 246 g/mol. The summed E-state index contributed by atoms with van der Waals surface area (Å²) in [6.45, 7) is 1.81. The van der Waals surface area contributed by atoms with Gasteiger partial charge in [0, 0.05) is 6.07 Å². The molecule has 0 radical (unpaired) electrons. The Morgan fingerprint density at radius 2 is 2.29 bits per heavy atom. The van der Waals surface area contributed by atoms with E-state index in [0.717, 1.165) is 16.4 Å². The van der Waals surface area contributed by atoms with Crippen LogP contribution in [0.2, 0.25) is 0 Å². The van der Waals surface area contributed by atoms with Gasteiger partial charge in [0.15, 0.2) is 0 Å². The first-order valence-electron chi connectivity index (χ1n) is 4.88. The van der Waals surface area contributed by atoms with Crippen LogP contribution in [0.1, 0.15) is 11.3 Å². The quantitative estimate of drug-likeness (QED) is 0.900. The Morgan fingerprint density at radius 1 is 1.47 bits per heavy atom. The zero-order valence-corrected chi connectivity index (χ0v) is 10.2. The number of rotatable bonds is 3. The molecule has 5 nitrogen and oxygen atoms in total. The Bertz CT molecular complexity index is 556. The predicted octanol–water partition coefficient (Wildman–Crippen LogP) is 2.47. The molecule has 0 aromatic carbocycles. The molecule has 0 aliphatic carbocycles. The fraction of sp³-hybridized carbons (Fsp3) is 0.182. The van der Waals surface area contributed by atoms with E-state index < -0.39 is 0 Å². The maximum atomic E-state index is 8.99. The first kappa shape index (κ1) is 11.4. The molecule has 17 heavy (non-hydrogen) atoms. The van der Waals surface area contributed by atoms with Crippen molar-refractivity contribution in [3.8, 4) is 11.9 Å². The van der Waals surface area contributed by atoms with Crippen molar-refractivity contribution in [3.05, 3.63) is 29.6 Å². The van der Waals surface area contributed by atoms with E-state index in [2.05, 4.69) is 20.7 Å². The lowest BCUT2D eigenvalue weighted by Crippen LogP contribution is -1.92. The van der Waals surface area contributed by atoms with Gasteiger partial charge in [-0.3, -0.25) is 0 Å². The van der Waals surface area contributed by atoms with E-state index in [1.807, 2.05) is 13.0 Å². The molecule has 86 valence electrons. The minimum atomic E-state index is 0.552. The lowest BCUT2D eigenvalue weighted by Gasteiger charge is -2.04. The molecule has 2 rings (SSSR count). The Hall–Kier alpha value is -2.13. The van der Waals surface area contributed by atoms with Gasteiger partial charge in [0.25, 0.3) is 0 Å². The smallest absolute Gasteiger partial charge is 0.213 e. The van der Waals surface area contributed by atoms with Gasteiger partial charge in [-0.2, -0.15) is 9.64 Å². The van der Waals surface area contributed by atoms with Crippen molar-refractivity contribution < 1.29 is 4.74 Å². The summed E-state index contributed by atoms with van der Waals surface area (Å²) >= 11 is 1.26. The SMILES string of the molecule is COc1ccc(Nc2snc(C)c2C#N)cn1. The lowest BCUT2D eigenvalue weighted by atomic mass is 10.3. The topological polar surface area (TPSA) is 70.8 Å². The fourth-order valence-electron chi connectivity index (χ4n) is 1.29. The second kappa shape index (κ2) is 4.80. The molecule has 0 atom stereocenters. The molecule has 0 unspecified atom stereocenters. The molecule has 0 amide bonds. The van der Waals surface area contributed by atoms with Crippen molar-refractivity contribution >= 4 is 22.2 Å². The van der Waals surface area contributed by atoms with Crippen LogP contribution >= 0.6 is 11.5 Å². The summed E-state index contributed by atoms with van der Waals surface area (Å²) in [7, 11) is 1.57. The van der Waals surface area contributed by atoms with Gasteiger partial charge in [0.2, 0.25) is 5.88 Å². The van der Waals surface area contributed by atoms with Crippen LogP contribution in [-0.4, -0.2) is 16.5 Å². The Balaban J connectivity index is 2.23. The first-order chi connectivity index (χ1) is 8.24. The van der Waals surface area contributed by atoms with Gasteiger partial charge in [-0.25, -0.2) is 4.98 Å². The molecular weight excluding hydrogens is 236 g/mol. The normalized spacial score (nSPS) is 9.71. The number of pyridine rings is 1. The molecule has 0 fully saturated rings. The number of methoxy groups -OCH3 is 1. The van der Waals surface area contributed by atoms with Crippen LogP contribution in [0.4, 0.5) is 10.7 Å². The number of hydrogen-bond acceptors (Lipinski definition) is 6. The molecule has 2 aromatic rings.